The van der Waals surface area contributed by atoms with Gasteiger partial charge in [0.05, 0.1) is 23.7 Å². The average molecular weight is 192 g/mol. The molecule has 0 saturated carbocycles. The third-order valence-electron chi connectivity index (χ3n) is 1.85. The van der Waals surface area contributed by atoms with E-state index in [1.54, 1.807) is 12.1 Å². The highest BCUT2D eigenvalue weighted by atomic mass is 35.5. The molecule has 0 radical (unpaired) electrons. The number of aromatic amines is 1. The first-order valence-corrected chi connectivity index (χ1v) is 4.18. The summed E-state index contributed by atoms with van der Waals surface area (Å²) in [4.78, 5) is 0. The number of benzene rings is 1. The Bertz CT molecular complexity index is 481. The van der Waals surface area contributed by atoms with Crippen LogP contribution in [-0.2, 0) is 6.42 Å². The highest BCUT2D eigenvalue weighted by Crippen LogP contribution is 2.20. The second-order valence-electron chi connectivity index (χ2n) is 2.70. The fraction of sp³-hybridized carbons (Fsp3) is 0.111. The van der Waals surface area contributed by atoms with E-state index < -0.39 is 0 Å². The van der Waals surface area contributed by atoms with Crippen molar-refractivity contribution in [3.8, 4) is 6.07 Å². The van der Waals surface area contributed by atoms with Gasteiger partial charge in [0.1, 0.15) is 0 Å². The zero-order chi connectivity index (χ0) is 9.26. The predicted molar refractivity (Wildman–Crippen MR) is 50.4 cm³/mol. The summed E-state index contributed by atoms with van der Waals surface area (Å²) in [6, 6.07) is 7.51. The molecule has 1 N–H and O–H groups in total. The Morgan fingerprint density at radius 1 is 1.54 bits per heavy atom. The first kappa shape index (κ1) is 8.09. The van der Waals surface area contributed by atoms with Crippen LogP contribution in [0.3, 0.4) is 0 Å². The van der Waals surface area contributed by atoms with Crippen LogP contribution < -0.4 is 0 Å². The van der Waals surface area contributed by atoms with Gasteiger partial charge in [-0.1, -0.05) is 11.6 Å². The van der Waals surface area contributed by atoms with Gasteiger partial charge in [-0.3, -0.25) is 5.10 Å². The Kier molecular flexibility index (Phi) is 1.91. The molecule has 0 aliphatic carbocycles. The van der Waals surface area contributed by atoms with Crippen molar-refractivity contribution in [1.82, 2.24) is 10.2 Å². The molecular formula is C9H6ClN3. The minimum absolute atomic E-state index is 0.345. The molecule has 0 saturated heterocycles. The maximum absolute atomic E-state index is 8.53. The van der Waals surface area contributed by atoms with E-state index in [0.29, 0.717) is 11.4 Å². The fourth-order valence-corrected chi connectivity index (χ4v) is 1.42. The number of nitrogens with one attached hydrogen (secondary N) is 1. The van der Waals surface area contributed by atoms with Gasteiger partial charge in [0.25, 0.3) is 0 Å². The number of hydrogen-bond donors (Lipinski definition) is 1. The summed E-state index contributed by atoms with van der Waals surface area (Å²) in [7, 11) is 0. The standard InChI is InChI=1S/C9H6ClN3/c10-6-1-2-7-8(3-4-11)12-13-9(7)5-6/h1-2,5H,3H2,(H,12,13). The summed E-state index contributed by atoms with van der Waals surface area (Å²) < 4.78 is 0. The number of nitrogens with zero attached hydrogens (tertiary/aromatic N) is 2. The van der Waals surface area contributed by atoms with Crippen LogP contribution in [0, 0.1) is 11.3 Å². The smallest absolute Gasteiger partial charge is 0.0938 e. The second kappa shape index (κ2) is 3.08. The molecule has 0 bridgehead atoms. The van der Waals surface area contributed by atoms with Gasteiger partial charge >= 0.3 is 0 Å². The molecule has 3 nitrogen and oxygen atoms in total. The van der Waals surface area contributed by atoms with E-state index in [9.17, 15) is 0 Å². The second-order valence-corrected chi connectivity index (χ2v) is 3.13. The van der Waals surface area contributed by atoms with Crippen molar-refractivity contribution in [2.75, 3.05) is 0 Å². The van der Waals surface area contributed by atoms with Crippen LogP contribution in [0.2, 0.25) is 5.02 Å². The van der Waals surface area contributed by atoms with Crippen LogP contribution in [0.25, 0.3) is 10.9 Å². The first-order chi connectivity index (χ1) is 6.31. The molecule has 2 aromatic rings. The largest absolute Gasteiger partial charge is 0.280 e. The van der Waals surface area contributed by atoms with Crippen molar-refractivity contribution in [1.29, 1.82) is 5.26 Å². The van der Waals surface area contributed by atoms with Crippen molar-refractivity contribution in [2.45, 2.75) is 6.42 Å². The molecule has 0 atom stereocenters. The van der Waals surface area contributed by atoms with E-state index in [1.807, 2.05) is 6.07 Å². The zero-order valence-electron chi connectivity index (χ0n) is 6.71. The number of aromatic nitrogens is 2. The van der Waals surface area contributed by atoms with Gasteiger partial charge in [0.2, 0.25) is 0 Å². The average Bonchev–Trinajstić information content (AvgIpc) is 2.49. The van der Waals surface area contributed by atoms with Crippen LogP contribution in [0.1, 0.15) is 5.69 Å². The predicted octanol–water partition coefficient (Wildman–Crippen LogP) is 2.28. The van der Waals surface area contributed by atoms with Gasteiger partial charge in [-0.15, -0.1) is 0 Å². The third-order valence-corrected chi connectivity index (χ3v) is 2.09. The Labute approximate surface area is 79.9 Å². The molecule has 2 rings (SSSR count). The van der Waals surface area contributed by atoms with Crippen LogP contribution in [0.15, 0.2) is 18.2 Å². The van der Waals surface area contributed by atoms with E-state index in [-0.39, 0.29) is 0 Å². The van der Waals surface area contributed by atoms with E-state index in [4.69, 9.17) is 16.9 Å². The van der Waals surface area contributed by atoms with Crippen molar-refractivity contribution < 1.29 is 0 Å². The fourth-order valence-electron chi connectivity index (χ4n) is 1.25. The molecule has 4 heteroatoms. The van der Waals surface area contributed by atoms with E-state index in [2.05, 4.69) is 16.3 Å². The molecule has 1 aromatic heterocycles. The Morgan fingerprint density at radius 2 is 2.38 bits per heavy atom. The van der Waals surface area contributed by atoms with Crippen molar-refractivity contribution >= 4 is 22.5 Å². The lowest BCUT2D eigenvalue weighted by Gasteiger charge is -1.90. The molecule has 13 heavy (non-hydrogen) atoms. The monoisotopic (exact) mass is 191 g/mol. The van der Waals surface area contributed by atoms with Gasteiger partial charge in [-0.25, -0.2) is 0 Å². The Morgan fingerprint density at radius 3 is 3.15 bits per heavy atom. The molecule has 0 spiro atoms. The number of halogens is 1. The topological polar surface area (TPSA) is 52.5 Å². The SMILES string of the molecule is N#CCc1[nH]nc2cc(Cl)ccc12. The number of H-pyrrole nitrogens is 1. The summed E-state index contributed by atoms with van der Waals surface area (Å²) in [5, 5.41) is 17.0. The highest BCUT2D eigenvalue weighted by Gasteiger charge is 2.04. The number of fused-ring (bicyclic) bond motifs is 1. The molecule has 0 aliphatic heterocycles. The summed E-state index contributed by atoms with van der Waals surface area (Å²) in [6.45, 7) is 0. The zero-order valence-corrected chi connectivity index (χ0v) is 7.47. The maximum Gasteiger partial charge on any atom is 0.0938 e. The van der Waals surface area contributed by atoms with Gasteiger partial charge in [0, 0.05) is 10.4 Å². The van der Waals surface area contributed by atoms with Crippen molar-refractivity contribution in [3.05, 3.63) is 28.9 Å². The third kappa shape index (κ3) is 1.36. The van der Waals surface area contributed by atoms with Gasteiger partial charge < -0.3 is 0 Å². The van der Waals surface area contributed by atoms with Crippen LogP contribution in [0.4, 0.5) is 0 Å². The van der Waals surface area contributed by atoms with Gasteiger partial charge in [0.15, 0.2) is 0 Å². The number of rotatable bonds is 1. The molecular weight excluding hydrogens is 186 g/mol. The Hall–Kier alpha value is -1.53. The highest BCUT2D eigenvalue weighted by molar-refractivity contribution is 6.31. The molecule has 0 aliphatic rings. The van der Waals surface area contributed by atoms with Crippen LogP contribution >= 0.6 is 11.6 Å². The summed E-state index contributed by atoms with van der Waals surface area (Å²) in [5.74, 6) is 0. The van der Waals surface area contributed by atoms with Gasteiger partial charge in [-0.05, 0) is 18.2 Å². The molecule has 0 amide bonds. The lowest BCUT2D eigenvalue weighted by molar-refractivity contribution is 1.03. The van der Waals surface area contributed by atoms with E-state index in [0.717, 1.165) is 16.6 Å². The molecule has 64 valence electrons. The van der Waals surface area contributed by atoms with Crippen LogP contribution in [-0.4, -0.2) is 10.2 Å². The van der Waals surface area contributed by atoms with Crippen molar-refractivity contribution in [2.24, 2.45) is 0 Å². The van der Waals surface area contributed by atoms with Crippen LogP contribution in [0.5, 0.6) is 0 Å². The molecule has 1 aromatic carbocycles. The van der Waals surface area contributed by atoms with Gasteiger partial charge in [-0.2, -0.15) is 10.4 Å². The molecule has 1 heterocycles. The minimum atomic E-state index is 0.345. The number of nitriles is 1. The molecule has 0 fully saturated rings. The quantitative estimate of drug-likeness (QED) is 0.752. The summed E-state index contributed by atoms with van der Waals surface area (Å²) in [6.07, 6.45) is 0.345. The summed E-state index contributed by atoms with van der Waals surface area (Å²) in [5.41, 5.74) is 1.65. The normalized spacial score (nSPS) is 10.2. The lowest BCUT2D eigenvalue weighted by Crippen LogP contribution is -1.80. The lowest BCUT2D eigenvalue weighted by atomic mass is 10.2. The number of hydrogen-bond acceptors (Lipinski definition) is 2. The summed E-state index contributed by atoms with van der Waals surface area (Å²) >= 11 is 5.79. The maximum atomic E-state index is 8.53. The van der Waals surface area contributed by atoms with Crippen molar-refractivity contribution in [3.63, 3.8) is 0 Å². The first-order valence-electron chi connectivity index (χ1n) is 3.80. The van der Waals surface area contributed by atoms with E-state index >= 15 is 0 Å². The van der Waals surface area contributed by atoms with E-state index in [1.165, 1.54) is 0 Å². The Balaban J connectivity index is 2.63. The molecule has 0 unspecified atom stereocenters. The minimum Gasteiger partial charge on any atom is -0.280 e.